The number of rotatable bonds is 4. The third-order valence-electron chi connectivity index (χ3n) is 3.20. The maximum absolute atomic E-state index is 10.9. The van der Waals surface area contributed by atoms with E-state index in [1.54, 1.807) is 0 Å². The van der Waals surface area contributed by atoms with Gasteiger partial charge in [-0.05, 0) is 19.4 Å². The van der Waals surface area contributed by atoms with Crippen molar-refractivity contribution in [2.75, 3.05) is 7.05 Å². The first kappa shape index (κ1) is 10.5. The molecule has 0 aromatic rings. The van der Waals surface area contributed by atoms with Crippen LogP contribution in [0.15, 0.2) is 0 Å². The number of nitrogens with two attached hydrogens (primary N) is 2. The molecule has 4 heteroatoms. The smallest absolute Gasteiger partial charge is 0.234 e. The van der Waals surface area contributed by atoms with Crippen molar-refractivity contribution in [3.8, 4) is 0 Å². The van der Waals surface area contributed by atoms with Gasteiger partial charge in [-0.15, -0.1) is 0 Å². The summed E-state index contributed by atoms with van der Waals surface area (Å²) in [5, 5.41) is 3.16. The van der Waals surface area contributed by atoms with E-state index in [0.717, 1.165) is 12.8 Å². The third kappa shape index (κ3) is 1.84. The van der Waals surface area contributed by atoms with E-state index in [4.69, 9.17) is 11.5 Å². The first-order chi connectivity index (χ1) is 6.11. The fourth-order valence-corrected chi connectivity index (χ4v) is 2.26. The molecule has 1 aliphatic carbocycles. The molecule has 1 aliphatic rings. The number of carbonyl (C=O) groups is 1. The maximum atomic E-state index is 10.9. The molecular weight excluding hydrogens is 166 g/mol. The fraction of sp³-hybridized carbons (Fsp3) is 0.889. The molecule has 0 aromatic heterocycles. The summed E-state index contributed by atoms with van der Waals surface area (Å²) >= 11 is 0. The van der Waals surface area contributed by atoms with E-state index in [2.05, 4.69) is 12.2 Å². The van der Waals surface area contributed by atoms with Gasteiger partial charge < -0.3 is 16.8 Å². The van der Waals surface area contributed by atoms with Gasteiger partial charge >= 0.3 is 0 Å². The molecule has 1 saturated carbocycles. The van der Waals surface area contributed by atoms with Crippen molar-refractivity contribution in [1.82, 2.24) is 5.32 Å². The number of hydrogen-bond donors (Lipinski definition) is 3. The molecule has 76 valence electrons. The lowest BCUT2D eigenvalue weighted by Crippen LogP contribution is -2.60. The first-order valence-electron chi connectivity index (χ1n) is 4.84. The number of primary amides is 1. The van der Waals surface area contributed by atoms with Crippen LogP contribution < -0.4 is 16.8 Å². The summed E-state index contributed by atoms with van der Waals surface area (Å²) in [5.41, 5.74) is 10.9. The van der Waals surface area contributed by atoms with E-state index in [1.165, 1.54) is 0 Å². The zero-order valence-corrected chi connectivity index (χ0v) is 8.29. The number of nitrogens with one attached hydrogen (secondary N) is 1. The highest BCUT2D eigenvalue weighted by Gasteiger charge is 2.44. The second-order valence-corrected chi connectivity index (χ2v) is 3.80. The Kier molecular flexibility index (Phi) is 3.27. The van der Waals surface area contributed by atoms with Crippen molar-refractivity contribution < 1.29 is 4.79 Å². The molecule has 13 heavy (non-hydrogen) atoms. The molecule has 0 aliphatic heterocycles. The van der Waals surface area contributed by atoms with Crippen molar-refractivity contribution in [3.05, 3.63) is 0 Å². The molecule has 0 bridgehead atoms. The average molecular weight is 185 g/mol. The maximum Gasteiger partial charge on any atom is 0.234 e. The fourth-order valence-electron chi connectivity index (χ4n) is 2.26. The summed E-state index contributed by atoms with van der Waals surface area (Å²) < 4.78 is 0. The van der Waals surface area contributed by atoms with E-state index in [0.29, 0.717) is 12.0 Å². The minimum absolute atomic E-state index is 0.229. The van der Waals surface area contributed by atoms with Gasteiger partial charge in [0, 0.05) is 12.0 Å². The van der Waals surface area contributed by atoms with Crippen molar-refractivity contribution in [1.29, 1.82) is 0 Å². The van der Waals surface area contributed by atoms with Crippen LogP contribution in [0.3, 0.4) is 0 Å². The highest BCUT2D eigenvalue weighted by molar-refractivity contribution is 5.80. The topological polar surface area (TPSA) is 81.1 Å². The molecule has 4 nitrogen and oxygen atoms in total. The Balaban J connectivity index is 2.57. The van der Waals surface area contributed by atoms with Gasteiger partial charge in [0.2, 0.25) is 5.91 Å². The molecule has 0 radical (unpaired) electrons. The molecule has 4 atom stereocenters. The number of hydrogen-bond acceptors (Lipinski definition) is 3. The minimum Gasteiger partial charge on any atom is -0.368 e. The van der Waals surface area contributed by atoms with Gasteiger partial charge in [-0.1, -0.05) is 13.3 Å². The lowest BCUT2D eigenvalue weighted by Gasteiger charge is -2.46. The van der Waals surface area contributed by atoms with Crippen molar-refractivity contribution in [2.45, 2.75) is 31.8 Å². The van der Waals surface area contributed by atoms with Crippen LogP contribution in [0.25, 0.3) is 0 Å². The van der Waals surface area contributed by atoms with E-state index in [-0.39, 0.29) is 11.8 Å². The molecule has 4 unspecified atom stereocenters. The summed E-state index contributed by atoms with van der Waals surface area (Å²) in [7, 11) is 1.90. The molecule has 1 fully saturated rings. The largest absolute Gasteiger partial charge is 0.368 e. The van der Waals surface area contributed by atoms with Crippen LogP contribution in [0.2, 0.25) is 0 Å². The molecule has 5 N–H and O–H groups in total. The van der Waals surface area contributed by atoms with E-state index < -0.39 is 6.04 Å². The molecule has 1 rings (SSSR count). The summed E-state index contributed by atoms with van der Waals surface area (Å²) in [6, 6.07) is -0.122. The lowest BCUT2D eigenvalue weighted by atomic mass is 9.64. The number of amides is 1. The predicted molar refractivity (Wildman–Crippen MR) is 51.9 cm³/mol. The Bertz CT molecular complexity index is 185. The molecule has 0 spiro atoms. The first-order valence-corrected chi connectivity index (χ1v) is 4.84. The van der Waals surface area contributed by atoms with Crippen LogP contribution >= 0.6 is 0 Å². The van der Waals surface area contributed by atoms with Gasteiger partial charge in [0.05, 0.1) is 6.04 Å². The van der Waals surface area contributed by atoms with Gasteiger partial charge in [-0.25, -0.2) is 0 Å². The minimum atomic E-state index is -0.490. The average Bonchev–Trinajstić information content (AvgIpc) is 2.04. The Morgan fingerprint density at radius 2 is 2.31 bits per heavy atom. The summed E-state index contributed by atoms with van der Waals surface area (Å²) in [6.07, 6.45) is 2.18. The van der Waals surface area contributed by atoms with Crippen LogP contribution in [0.4, 0.5) is 0 Å². The van der Waals surface area contributed by atoms with Crippen molar-refractivity contribution >= 4 is 5.91 Å². The molecule has 0 saturated heterocycles. The van der Waals surface area contributed by atoms with Crippen molar-refractivity contribution in [3.63, 3.8) is 0 Å². The summed E-state index contributed by atoms with van der Waals surface area (Å²) in [6.45, 7) is 2.12. The van der Waals surface area contributed by atoms with Crippen LogP contribution in [-0.2, 0) is 4.79 Å². The van der Waals surface area contributed by atoms with Gasteiger partial charge in [-0.2, -0.15) is 0 Å². The Morgan fingerprint density at radius 3 is 2.69 bits per heavy atom. The van der Waals surface area contributed by atoms with Crippen molar-refractivity contribution in [2.24, 2.45) is 23.3 Å². The SMILES string of the molecule is CCC1CC(NC)C1C(N)C(N)=O. The molecule has 1 amide bonds. The number of carbonyl (C=O) groups excluding carboxylic acids is 1. The quantitative estimate of drug-likeness (QED) is 0.549. The molecule has 0 aromatic carbocycles. The van der Waals surface area contributed by atoms with E-state index >= 15 is 0 Å². The second-order valence-electron chi connectivity index (χ2n) is 3.80. The van der Waals surface area contributed by atoms with E-state index in [9.17, 15) is 4.79 Å². The summed E-state index contributed by atoms with van der Waals surface area (Å²) in [4.78, 5) is 10.9. The van der Waals surface area contributed by atoms with Crippen LogP contribution in [0.5, 0.6) is 0 Å². The van der Waals surface area contributed by atoms with Crippen LogP contribution in [0, 0.1) is 11.8 Å². The van der Waals surface area contributed by atoms with Gasteiger partial charge in [0.15, 0.2) is 0 Å². The third-order valence-corrected chi connectivity index (χ3v) is 3.20. The zero-order valence-electron chi connectivity index (χ0n) is 8.29. The zero-order chi connectivity index (χ0) is 10.0. The molecular formula is C9H19N3O. The predicted octanol–water partition coefficient (Wildman–Crippen LogP) is -0.567. The van der Waals surface area contributed by atoms with E-state index in [1.807, 2.05) is 7.05 Å². The monoisotopic (exact) mass is 185 g/mol. The highest BCUT2D eigenvalue weighted by Crippen LogP contribution is 2.38. The highest BCUT2D eigenvalue weighted by atomic mass is 16.1. The van der Waals surface area contributed by atoms with Gasteiger partial charge in [-0.3, -0.25) is 4.79 Å². The Hall–Kier alpha value is -0.610. The standard InChI is InChI=1S/C9H19N3O/c1-3-5-4-6(12-2)7(5)8(10)9(11)13/h5-8,12H,3-4,10H2,1-2H3,(H2,11,13). The normalized spacial score (nSPS) is 35.2. The Morgan fingerprint density at radius 1 is 1.69 bits per heavy atom. The van der Waals surface area contributed by atoms with Gasteiger partial charge in [0.1, 0.15) is 0 Å². The second kappa shape index (κ2) is 4.07. The van der Waals surface area contributed by atoms with Crippen LogP contribution in [0.1, 0.15) is 19.8 Å². The summed E-state index contributed by atoms with van der Waals surface area (Å²) in [5.74, 6) is 0.399. The molecule has 0 heterocycles. The van der Waals surface area contributed by atoms with Gasteiger partial charge in [0.25, 0.3) is 0 Å². The lowest BCUT2D eigenvalue weighted by molar-refractivity contribution is -0.122. The van der Waals surface area contributed by atoms with Crippen LogP contribution in [-0.4, -0.2) is 25.0 Å². The Labute approximate surface area is 79.0 Å².